The molecule has 31 heavy (non-hydrogen) atoms. The molecular formula is C21H24ClNO7S. The zero-order chi connectivity index (χ0) is 22.3. The van der Waals surface area contributed by atoms with E-state index in [4.69, 9.17) is 30.5 Å². The van der Waals surface area contributed by atoms with Gasteiger partial charge in [0.15, 0.2) is 6.10 Å². The predicted octanol–water partition coefficient (Wildman–Crippen LogP) is 2.75. The number of hydrogen-bond donors (Lipinski definition) is 0. The maximum atomic E-state index is 12.6. The standard InChI is InChI=1S/C21H24ClNO7S/c1-16(30-19-4-2-3-17(22)15-19)21(24)29-14-13-28-18-5-7-20(8-6-18)31(25,26)23-9-11-27-12-10-23/h2-8,15-16H,9-14H2,1H3. The van der Waals surface area contributed by atoms with Gasteiger partial charge in [0.05, 0.1) is 18.1 Å². The predicted molar refractivity (Wildman–Crippen MR) is 114 cm³/mol. The Morgan fingerprint density at radius 3 is 2.48 bits per heavy atom. The van der Waals surface area contributed by atoms with Crippen LogP contribution in [0, 0.1) is 0 Å². The van der Waals surface area contributed by atoms with Gasteiger partial charge in [-0.05, 0) is 49.4 Å². The molecule has 1 aliphatic rings. The number of ether oxygens (including phenoxy) is 4. The second kappa shape index (κ2) is 10.8. The second-order valence-electron chi connectivity index (χ2n) is 6.72. The number of carbonyl (C=O) groups excluding carboxylic acids is 1. The van der Waals surface area contributed by atoms with E-state index in [1.807, 2.05) is 0 Å². The summed E-state index contributed by atoms with van der Waals surface area (Å²) in [6.07, 6.45) is -0.803. The molecule has 1 atom stereocenters. The van der Waals surface area contributed by atoms with E-state index in [-0.39, 0.29) is 18.1 Å². The van der Waals surface area contributed by atoms with Crippen LogP contribution in [0.4, 0.5) is 0 Å². The van der Waals surface area contributed by atoms with E-state index in [9.17, 15) is 13.2 Å². The van der Waals surface area contributed by atoms with Crippen LogP contribution in [0.25, 0.3) is 0 Å². The Kier molecular flexibility index (Phi) is 8.14. The first-order valence-corrected chi connectivity index (χ1v) is 11.6. The number of sulfonamides is 1. The number of hydrogen-bond acceptors (Lipinski definition) is 7. The maximum Gasteiger partial charge on any atom is 0.347 e. The molecule has 0 amide bonds. The summed E-state index contributed by atoms with van der Waals surface area (Å²) < 4.78 is 48.0. The summed E-state index contributed by atoms with van der Waals surface area (Å²) in [5, 5.41) is 0.509. The maximum absolute atomic E-state index is 12.6. The van der Waals surface area contributed by atoms with Gasteiger partial charge < -0.3 is 18.9 Å². The number of benzene rings is 2. The smallest absolute Gasteiger partial charge is 0.347 e. The molecule has 0 aliphatic carbocycles. The first-order valence-electron chi connectivity index (χ1n) is 9.76. The normalized spacial score (nSPS) is 15.8. The van der Waals surface area contributed by atoms with Crippen molar-refractivity contribution in [3.05, 3.63) is 53.6 Å². The van der Waals surface area contributed by atoms with Crippen LogP contribution >= 0.6 is 11.6 Å². The van der Waals surface area contributed by atoms with Gasteiger partial charge >= 0.3 is 5.97 Å². The van der Waals surface area contributed by atoms with E-state index < -0.39 is 22.1 Å². The quantitative estimate of drug-likeness (QED) is 0.412. The van der Waals surface area contributed by atoms with Crippen molar-refractivity contribution in [3.63, 3.8) is 0 Å². The summed E-state index contributed by atoms with van der Waals surface area (Å²) in [5.41, 5.74) is 0. The number of carbonyl (C=O) groups is 1. The molecule has 2 aromatic rings. The molecule has 0 bridgehead atoms. The van der Waals surface area contributed by atoms with Gasteiger partial charge in [-0.25, -0.2) is 13.2 Å². The van der Waals surface area contributed by atoms with Crippen LogP contribution in [0.1, 0.15) is 6.92 Å². The zero-order valence-corrected chi connectivity index (χ0v) is 18.6. The molecule has 8 nitrogen and oxygen atoms in total. The highest BCUT2D eigenvalue weighted by Gasteiger charge is 2.26. The summed E-state index contributed by atoms with van der Waals surface area (Å²) in [4.78, 5) is 12.2. The van der Waals surface area contributed by atoms with Gasteiger partial charge in [-0.3, -0.25) is 0 Å². The molecular weight excluding hydrogens is 446 g/mol. The third-order valence-corrected chi connectivity index (χ3v) is 6.62. The van der Waals surface area contributed by atoms with Gasteiger partial charge in [0.1, 0.15) is 24.7 Å². The number of morpholine rings is 1. The lowest BCUT2D eigenvalue weighted by Crippen LogP contribution is -2.40. The summed E-state index contributed by atoms with van der Waals surface area (Å²) in [6, 6.07) is 12.9. The summed E-state index contributed by atoms with van der Waals surface area (Å²) in [7, 11) is -3.55. The van der Waals surface area contributed by atoms with Crippen molar-refractivity contribution in [2.45, 2.75) is 17.9 Å². The van der Waals surface area contributed by atoms with Crippen LogP contribution in [0.3, 0.4) is 0 Å². The molecule has 0 N–H and O–H groups in total. The number of nitrogens with zero attached hydrogens (tertiary/aromatic N) is 1. The fourth-order valence-electron chi connectivity index (χ4n) is 2.86. The first-order chi connectivity index (χ1) is 14.9. The molecule has 0 radical (unpaired) electrons. The molecule has 1 saturated heterocycles. The van der Waals surface area contributed by atoms with Crippen LogP contribution in [0.2, 0.25) is 5.02 Å². The molecule has 0 aromatic heterocycles. The topological polar surface area (TPSA) is 91.4 Å². The molecule has 1 aliphatic heterocycles. The second-order valence-corrected chi connectivity index (χ2v) is 9.10. The third kappa shape index (κ3) is 6.57. The lowest BCUT2D eigenvalue weighted by molar-refractivity contribution is -0.151. The van der Waals surface area contributed by atoms with Crippen LogP contribution in [-0.2, 0) is 24.3 Å². The number of rotatable bonds is 9. The van der Waals surface area contributed by atoms with Gasteiger partial charge in [-0.15, -0.1) is 0 Å². The van der Waals surface area contributed by atoms with Gasteiger partial charge in [0.25, 0.3) is 0 Å². The molecule has 1 heterocycles. The molecule has 2 aromatic carbocycles. The highest BCUT2D eigenvalue weighted by atomic mass is 35.5. The van der Waals surface area contributed by atoms with E-state index in [1.54, 1.807) is 43.3 Å². The van der Waals surface area contributed by atoms with Crippen molar-refractivity contribution in [3.8, 4) is 11.5 Å². The average molecular weight is 470 g/mol. The van der Waals surface area contributed by atoms with Gasteiger partial charge in [-0.2, -0.15) is 4.31 Å². The Hall–Kier alpha value is -2.33. The van der Waals surface area contributed by atoms with Crippen molar-refractivity contribution >= 4 is 27.6 Å². The van der Waals surface area contributed by atoms with Gasteiger partial charge in [0.2, 0.25) is 10.0 Å². The summed E-state index contributed by atoms with van der Waals surface area (Å²) >= 11 is 5.89. The van der Waals surface area contributed by atoms with Gasteiger partial charge in [-0.1, -0.05) is 17.7 Å². The van der Waals surface area contributed by atoms with Gasteiger partial charge in [0, 0.05) is 18.1 Å². The van der Waals surface area contributed by atoms with E-state index in [0.29, 0.717) is 42.8 Å². The lowest BCUT2D eigenvalue weighted by Gasteiger charge is -2.26. The molecule has 1 fully saturated rings. The highest BCUT2D eigenvalue weighted by molar-refractivity contribution is 7.89. The Morgan fingerprint density at radius 1 is 1.10 bits per heavy atom. The SMILES string of the molecule is CC(Oc1cccc(Cl)c1)C(=O)OCCOc1ccc(S(=O)(=O)N2CCOCC2)cc1. The van der Waals surface area contributed by atoms with Crippen molar-refractivity contribution in [2.75, 3.05) is 39.5 Å². The van der Waals surface area contributed by atoms with Crippen molar-refractivity contribution in [2.24, 2.45) is 0 Å². The van der Waals surface area contributed by atoms with Crippen molar-refractivity contribution in [1.82, 2.24) is 4.31 Å². The molecule has 168 valence electrons. The Labute approximate surface area is 186 Å². The average Bonchev–Trinajstić information content (AvgIpc) is 2.77. The Morgan fingerprint density at radius 2 is 1.81 bits per heavy atom. The largest absolute Gasteiger partial charge is 0.490 e. The van der Waals surface area contributed by atoms with E-state index >= 15 is 0 Å². The van der Waals surface area contributed by atoms with Crippen molar-refractivity contribution in [1.29, 1.82) is 0 Å². The lowest BCUT2D eigenvalue weighted by atomic mass is 10.3. The van der Waals surface area contributed by atoms with E-state index in [0.717, 1.165) is 0 Å². The minimum absolute atomic E-state index is 0.0237. The molecule has 0 saturated carbocycles. The number of halogens is 1. The summed E-state index contributed by atoms with van der Waals surface area (Å²) in [6.45, 7) is 3.18. The van der Waals surface area contributed by atoms with E-state index in [2.05, 4.69) is 0 Å². The van der Waals surface area contributed by atoms with E-state index in [1.165, 1.54) is 16.4 Å². The molecule has 10 heteroatoms. The zero-order valence-electron chi connectivity index (χ0n) is 17.0. The van der Waals surface area contributed by atoms with Crippen LogP contribution in [0.15, 0.2) is 53.4 Å². The third-order valence-electron chi connectivity index (χ3n) is 4.47. The van der Waals surface area contributed by atoms with Crippen molar-refractivity contribution < 1.29 is 32.2 Å². The summed E-state index contributed by atoms with van der Waals surface area (Å²) in [5.74, 6) is 0.413. The molecule has 0 spiro atoms. The highest BCUT2D eigenvalue weighted by Crippen LogP contribution is 2.21. The van der Waals surface area contributed by atoms with Crippen LogP contribution in [-0.4, -0.2) is 64.3 Å². The Balaban J connectivity index is 1.42. The fraction of sp³-hybridized carbons (Fsp3) is 0.381. The molecule has 3 rings (SSSR count). The Bertz CT molecular complexity index is 975. The minimum atomic E-state index is -3.55. The van der Waals surface area contributed by atoms with Crippen LogP contribution < -0.4 is 9.47 Å². The monoisotopic (exact) mass is 469 g/mol. The minimum Gasteiger partial charge on any atom is -0.490 e. The van der Waals surface area contributed by atoms with Crippen LogP contribution in [0.5, 0.6) is 11.5 Å². The fourth-order valence-corrected chi connectivity index (χ4v) is 4.44. The first kappa shape index (κ1) is 23.3. The number of esters is 1. The molecule has 1 unspecified atom stereocenters.